The molecule has 4 rings (SSSR count). The Morgan fingerprint density at radius 3 is 2.94 bits per heavy atom. The van der Waals surface area contributed by atoms with Gasteiger partial charge < -0.3 is 16.0 Å². The third kappa shape index (κ3) is 5.90. The Hall–Kier alpha value is -1.93. The van der Waals surface area contributed by atoms with E-state index < -0.39 is 0 Å². The normalized spacial score (nSPS) is 16.5. The first-order valence-corrected chi connectivity index (χ1v) is 12.0. The summed E-state index contributed by atoms with van der Waals surface area (Å²) in [4.78, 5) is 4.16. The van der Waals surface area contributed by atoms with Gasteiger partial charge in [-0.2, -0.15) is 5.10 Å². The van der Waals surface area contributed by atoms with Crippen LogP contribution in [0.2, 0.25) is 10.0 Å². The molecule has 1 aliphatic heterocycles. The Kier molecular flexibility index (Phi) is 8.19. The monoisotopic (exact) mass is 478 g/mol. The van der Waals surface area contributed by atoms with Crippen LogP contribution >= 0.6 is 23.2 Å². The number of hydrogen-bond donors (Lipinski definition) is 4. The lowest BCUT2D eigenvalue weighted by molar-refractivity contribution is 0.388. The molecule has 1 saturated heterocycles. The van der Waals surface area contributed by atoms with Crippen LogP contribution in [-0.4, -0.2) is 40.9 Å². The predicted molar refractivity (Wildman–Crippen MR) is 129 cm³/mol. The van der Waals surface area contributed by atoms with Crippen LogP contribution in [0.4, 0.5) is 10.2 Å². The van der Waals surface area contributed by atoms with Crippen LogP contribution in [0.3, 0.4) is 0 Å². The number of fused-ring (bicyclic) bond motifs is 1. The first-order chi connectivity index (χ1) is 15.6. The van der Waals surface area contributed by atoms with Gasteiger partial charge in [-0.1, -0.05) is 29.6 Å². The summed E-state index contributed by atoms with van der Waals surface area (Å²) >= 11 is 12.3. The van der Waals surface area contributed by atoms with E-state index in [4.69, 9.17) is 23.2 Å². The van der Waals surface area contributed by atoms with Crippen molar-refractivity contribution < 1.29 is 4.39 Å². The van der Waals surface area contributed by atoms with Crippen molar-refractivity contribution in [3.8, 4) is 0 Å². The van der Waals surface area contributed by atoms with Gasteiger partial charge in [0.05, 0.1) is 16.2 Å². The standard InChI is InChI=1S/C23H29Cl2FN6/c24-15-6-7-20-18(12-15)21(32-31-20)14-27-9-3-5-17-19(25)13-30-23(22(17)26)29-11-8-16-4-1-2-10-28-16/h6-7,12-13,16,27-28H,1-5,8-11,14H2,(H,29,30)(H,31,32). The molecular weight excluding hydrogens is 450 g/mol. The maximum atomic E-state index is 15.0. The van der Waals surface area contributed by atoms with Crippen LogP contribution in [0.1, 0.15) is 43.4 Å². The number of anilines is 1. The quantitative estimate of drug-likeness (QED) is 0.306. The molecule has 1 aliphatic rings. The third-order valence-corrected chi connectivity index (χ3v) is 6.50. The van der Waals surface area contributed by atoms with E-state index in [-0.39, 0.29) is 11.6 Å². The minimum Gasteiger partial charge on any atom is -0.368 e. The Labute approximate surface area is 197 Å². The molecule has 0 saturated carbocycles. The second-order valence-electron chi connectivity index (χ2n) is 8.25. The van der Waals surface area contributed by atoms with E-state index in [1.54, 1.807) is 0 Å². The molecule has 9 heteroatoms. The second-order valence-corrected chi connectivity index (χ2v) is 9.10. The molecule has 0 aliphatic carbocycles. The van der Waals surface area contributed by atoms with E-state index in [1.807, 2.05) is 18.2 Å². The summed E-state index contributed by atoms with van der Waals surface area (Å²) in [5.41, 5.74) is 2.38. The highest BCUT2D eigenvalue weighted by Crippen LogP contribution is 2.25. The fourth-order valence-electron chi connectivity index (χ4n) is 4.16. The zero-order valence-electron chi connectivity index (χ0n) is 18.0. The maximum Gasteiger partial charge on any atom is 0.170 e. The van der Waals surface area contributed by atoms with Crippen molar-refractivity contribution in [1.82, 2.24) is 25.8 Å². The number of nitrogens with one attached hydrogen (secondary N) is 4. The Morgan fingerprint density at radius 2 is 2.09 bits per heavy atom. The molecule has 172 valence electrons. The predicted octanol–water partition coefficient (Wildman–Crippen LogP) is 5.07. The zero-order valence-corrected chi connectivity index (χ0v) is 19.5. The van der Waals surface area contributed by atoms with Crippen molar-refractivity contribution in [3.63, 3.8) is 0 Å². The van der Waals surface area contributed by atoms with Gasteiger partial charge in [-0.05, 0) is 63.4 Å². The number of benzene rings is 1. The second kappa shape index (κ2) is 11.3. The SMILES string of the molecule is Fc1c(NCCC2CCCCN2)ncc(Cl)c1CCCNCc1[nH]nc2ccc(Cl)cc12. The van der Waals surface area contributed by atoms with Crippen molar-refractivity contribution in [2.24, 2.45) is 0 Å². The number of piperidine rings is 1. The molecule has 1 fully saturated rings. The average molecular weight is 479 g/mol. The van der Waals surface area contributed by atoms with E-state index in [0.29, 0.717) is 41.2 Å². The van der Waals surface area contributed by atoms with E-state index in [0.717, 1.165) is 42.5 Å². The lowest BCUT2D eigenvalue weighted by atomic mass is 10.0. The molecule has 6 nitrogen and oxygen atoms in total. The highest BCUT2D eigenvalue weighted by Gasteiger charge is 2.16. The third-order valence-electron chi connectivity index (χ3n) is 5.94. The summed E-state index contributed by atoms with van der Waals surface area (Å²) < 4.78 is 15.0. The zero-order chi connectivity index (χ0) is 22.3. The summed E-state index contributed by atoms with van der Waals surface area (Å²) in [5, 5.41) is 19.4. The van der Waals surface area contributed by atoms with Crippen molar-refractivity contribution in [3.05, 3.63) is 51.5 Å². The molecule has 4 N–H and O–H groups in total. The van der Waals surface area contributed by atoms with Gasteiger partial charge in [-0.3, -0.25) is 5.10 Å². The summed E-state index contributed by atoms with van der Waals surface area (Å²) in [6.07, 6.45) is 7.45. The molecule has 32 heavy (non-hydrogen) atoms. The van der Waals surface area contributed by atoms with Crippen molar-refractivity contribution in [1.29, 1.82) is 0 Å². The number of aromatic amines is 1. The number of H-pyrrole nitrogens is 1. The van der Waals surface area contributed by atoms with Gasteiger partial charge in [0.15, 0.2) is 11.6 Å². The lowest BCUT2D eigenvalue weighted by Crippen LogP contribution is -2.35. The summed E-state index contributed by atoms with van der Waals surface area (Å²) in [7, 11) is 0. The molecule has 1 atom stereocenters. The van der Waals surface area contributed by atoms with E-state index >= 15 is 0 Å². The van der Waals surface area contributed by atoms with Gasteiger partial charge in [0, 0.05) is 41.3 Å². The fourth-order valence-corrected chi connectivity index (χ4v) is 4.56. The number of halogens is 3. The molecule has 0 radical (unpaired) electrons. The lowest BCUT2D eigenvalue weighted by Gasteiger charge is -2.23. The van der Waals surface area contributed by atoms with Crippen LogP contribution in [0.25, 0.3) is 10.9 Å². The van der Waals surface area contributed by atoms with Crippen molar-refractivity contribution in [2.45, 2.75) is 51.1 Å². The number of nitrogens with zero attached hydrogens (tertiary/aromatic N) is 2. The molecule has 0 spiro atoms. The molecule has 1 unspecified atom stereocenters. The molecular formula is C23H29Cl2FN6. The molecule has 2 aromatic heterocycles. The van der Waals surface area contributed by atoms with Gasteiger partial charge >= 0.3 is 0 Å². The van der Waals surface area contributed by atoms with E-state index in [2.05, 4.69) is 31.1 Å². The van der Waals surface area contributed by atoms with Gasteiger partial charge in [0.1, 0.15) is 0 Å². The van der Waals surface area contributed by atoms with Crippen LogP contribution in [0, 0.1) is 5.82 Å². The van der Waals surface area contributed by atoms with Crippen LogP contribution in [0.15, 0.2) is 24.4 Å². The average Bonchev–Trinajstić information content (AvgIpc) is 3.20. The van der Waals surface area contributed by atoms with Crippen LogP contribution in [0.5, 0.6) is 0 Å². The molecule has 3 aromatic rings. The Bertz CT molecular complexity index is 1030. The van der Waals surface area contributed by atoms with Crippen molar-refractivity contribution in [2.75, 3.05) is 25.0 Å². The molecule has 0 bridgehead atoms. The summed E-state index contributed by atoms with van der Waals surface area (Å²) in [5.74, 6) is -0.0581. The number of pyridine rings is 1. The molecule has 0 amide bonds. The highest BCUT2D eigenvalue weighted by atomic mass is 35.5. The maximum absolute atomic E-state index is 15.0. The van der Waals surface area contributed by atoms with E-state index in [1.165, 1.54) is 25.5 Å². The topological polar surface area (TPSA) is 77.7 Å². The minimum atomic E-state index is -0.344. The number of hydrogen-bond acceptors (Lipinski definition) is 5. The van der Waals surface area contributed by atoms with Crippen molar-refractivity contribution >= 4 is 39.9 Å². The summed E-state index contributed by atoms with van der Waals surface area (Å²) in [6.45, 7) is 3.10. The van der Waals surface area contributed by atoms with Crippen LogP contribution < -0.4 is 16.0 Å². The Balaban J connectivity index is 1.25. The Morgan fingerprint density at radius 1 is 1.19 bits per heavy atom. The summed E-state index contributed by atoms with van der Waals surface area (Å²) in [6, 6.07) is 6.12. The highest BCUT2D eigenvalue weighted by molar-refractivity contribution is 6.31. The fraction of sp³-hybridized carbons (Fsp3) is 0.478. The largest absolute Gasteiger partial charge is 0.368 e. The first kappa shape index (κ1) is 23.2. The van der Waals surface area contributed by atoms with Gasteiger partial charge in [-0.25, -0.2) is 9.37 Å². The number of aromatic nitrogens is 3. The first-order valence-electron chi connectivity index (χ1n) is 11.2. The van der Waals surface area contributed by atoms with E-state index in [9.17, 15) is 4.39 Å². The molecule has 1 aromatic carbocycles. The molecule has 3 heterocycles. The van der Waals surface area contributed by atoms with Gasteiger partial charge in [0.25, 0.3) is 0 Å². The smallest absolute Gasteiger partial charge is 0.170 e. The minimum absolute atomic E-state index is 0.286. The van der Waals surface area contributed by atoms with Gasteiger partial charge in [-0.15, -0.1) is 0 Å². The van der Waals surface area contributed by atoms with Gasteiger partial charge in [0.2, 0.25) is 0 Å². The van der Waals surface area contributed by atoms with Crippen LogP contribution in [-0.2, 0) is 13.0 Å². The number of rotatable bonds is 10.